The zero-order valence-corrected chi connectivity index (χ0v) is 14.5. The van der Waals surface area contributed by atoms with E-state index >= 15 is 0 Å². The number of carboxylic acid groups (broad SMARTS) is 1. The molecule has 1 aromatic carbocycles. The highest BCUT2D eigenvalue weighted by atomic mass is 32.1. The lowest BCUT2D eigenvalue weighted by Crippen LogP contribution is -2.35. The number of thiazole rings is 1. The summed E-state index contributed by atoms with van der Waals surface area (Å²) in [4.78, 5) is 20.1. The molecule has 7 heteroatoms. The van der Waals surface area contributed by atoms with Gasteiger partial charge in [0.15, 0.2) is 0 Å². The van der Waals surface area contributed by atoms with Crippen LogP contribution in [0.4, 0.5) is 4.39 Å². The first-order valence-electron chi connectivity index (χ1n) is 7.77. The van der Waals surface area contributed by atoms with Crippen molar-refractivity contribution in [3.8, 4) is 11.3 Å². The molecule has 24 heavy (non-hydrogen) atoms. The zero-order valence-electron chi connectivity index (χ0n) is 13.6. The quantitative estimate of drug-likeness (QED) is 0.899. The number of likely N-dealkylation sites (tertiary alicyclic amines) is 1. The molecule has 2 heterocycles. The maximum Gasteiger partial charge on any atom is 0.320 e. The highest BCUT2D eigenvalue weighted by molar-refractivity contribution is 7.09. The summed E-state index contributed by atoms with van der Waals surface area (Å²) >= 11 is 1.51. The van der Waals surface area contributed by atoms with Gasteiger partial charge in [0.05, 0.1) is 12.2 Å². The minimum absolute atomic E-state index is 0.239. The average molecular weight is 349 g/mol. The van der Waals surface area contributed by atoms with Crippen LogP contribution in [0.25, 0.3) is 11.3 Å². The van der Waals surface area contributed by atoms with E-state index < -0.39 is 12.0 Å². The Bertz CT molecular complexity index is 717. The van der Waals surface area contributed by atoms with E-state index in [9.17, 15) is 14.3 Å². The number of hydrogen-bond acceptors (Lipinski definition) is 5. The van der Waals surface area contributed by atoms with Crippen LogP contribution >= 0.6 is 11.3 Å². The summed E-state index contributed by atoms with van der Waals surface area (Å²) in [6, 6.07) is 5.99. The van der Waals surface area contributed by atoms with Gasteiger partial charge in [-0.25, -0.2) is 9.37 Å². The maximum absolute atomic E-state index is 13.0. The van der Waals surface area contributed by atoms with Gasteiger partial charge in [0.2, 0.25) is 0 Å². The number of carbonyl (C=O) groups is 1. The van der Waals surface area contributed by atoms with Crippen LogP contribution in [-0.2, 0) is 11.3 Å². The Morgan fingerprint density at radius 3 is 2.75 bits per heavy atom. The molecular weight excluding hydrogens is 329 g/mol. The molecule has 1 saturated heterocycles. The van der Waals surface area contributed by atoms with Crippen LogP contribution in [0.1, 0.15) is 11.4 Å². The van der Waals surface area contributed by atoms with E-state index in [2.05, 4.69) is 9.88 Å². The first kappa shape index (κ1) is 17.0. The molecule has 128 valence electrons. The molecule has 0 spiro atoms. The summed E-state index contributed by atoms with van der Waals surface area (Å²) in [6.45, 7) is 1.24. The van der Waals surface area contributed by atoms with Crippen LogP contribution in [-0.4, -0.2) is 58.6 Å². The number of halogens is 1. The largest absolute Gasteiger partial charge is 0.480 e. The molecule has 0 saturated carbocycles. The third-order valence-corrected chi connectivity index (χ3v) is 5.26. The van der Waals surface area contributed by atoms with E-state index in [1.807, 2.05) is 24.4 Å². The number of hydrogen-bond donors (Lipinski definition) is 1. The fraction of sp³-hybridized carbons (Fsp3) is 0.412. The van der Waals surface area contributed by atoms with Crippen LogP contribution in [0.5, 0.6) is 0 Å². The third-order valence-electron chi connectivity index (χ3n) is 4.43. The molecule has 2 atom stereocenters. The van der Waals surface area contributed by atoms with Crippen molar-refractivity contribution in [1.29, 1.82) is 0 Å². The normalized spacial score (nSPS) is 21.5. The van der Waals surface area contributed by atoms with E-state index in [0.717, 1.165) is 22.8 Å². The summed E-state index contributed by atoms with van der Waals surface area (Å²) in [6.07, 6.45) is 0.624. The predicted molar refractivity (Wildman–Crippen MR) is 91.4 cm³/mol. The Hall–Kier alpha value is -1.83. The fourth-order valence-electron chi connectivity index (χ4n) is 3.00. The van der Waals surface area contributed by atoms with E-state index in [-0.39, 0.29) is 11.9 Å². The topological polar surface area (TPSA) is 56.7 Å². The Kier molecular flexibility index (Phi) is 4.93. The van der Waals surface area contributed by atoms with Crippen molar-refractivity contribution in [2.45, 2.75) is 25.0 Å². The number of carboxylic acids is 1. The highest BCUT2D eigenvalue weighted by Gasteiger charge is 2.37. The Morgan fingerprint density at radius 1 is 1.42 bits per heavy atom. The molecule has 1 N–H and O–H groups in total. The van der Waals surface area contributed by atoms with Gasteiger partial charge < -0.3 is 10.0 Å². The molecule has 2 unspecified atom stereocenters. The number of benzene rings is 1. The van der Waals surface area contributed by atoms with Gasteiger partial charge in [0.25, 0.3) is 0 Å². The summed E-state index contributed by atoms with van der Waals surface area (Å²) < 4.78 is 13.0. The van der Waals surface area contributed by atoms with Crippen molar-refractivity contribution < 1.29 is 14.3 Å². The van der Waals surface area contributed by atoms with Gasteiger partial charge >= 0.3 is 5.97 Å². The summed E-state index contributed by atoms with van der Waals surface area (Å²) in [5.41, 5.74) is 1.66. The smallest absolute Gasteiger partial charge is 0.320 e. The van der Waals surface area contributed by atoms with Crippen LogP contribution < -0.4 is 0 Å². The number of nitrogens with zero attached hydrogens (tertiary/aromatic N) is 3. The first-order valence-corrected chi connectivity index (χ1v) is 8.65. The second kappa shape index (κ2) is 6.96. The lowest BCUT2D eigenvalue weighted by Gasteiger charge is -2.20. The molecule has 1 fully saturated rings. The lowest BCUT2D eigenvalue weighted by atomic mass is 10.1. The van der Waals surface area contributed by atoms with E-state index in [1.165, 1.54) is 23.5 Å². The monoisotopic (exact) mass is 349 g/mol. The molecule has 1 aliphatic rings. The van der Waals surface area contributed by atoms with Crippen molar-refractivity contribution in [1.82, 2.24) is 14.8 Å². The molecule has 0 bridgehead atoms. The predicted octanol–water partition coefficient (Wildman–Crippen LogP) is 2.54. The van der Waals surface area contributed by atoms with Gasteiger partial charge in [-0.05, 0) is 44.8 Å². The van der Waals surface area contributed by atoms with Gasteiger partial charge in [0, 0.05) is 23.5 Å². The summed E-state index contributed by atoms with van der Waals surface area (Å²) in [5, 5.41) is 12.3. The SMILES string of the molecule is CN(C)C1CC(C(=O)O)N(Cc2nc(-c3ccc(F)cc3)cs2)C1. The maximum atomic E-state index is 13.0. The molecule has 0 amide bonds. The molecule has 1 aliphatic heterocycles. The Labute approximate surface area is 144 Å². The van der Waals surface area contributed by atoms with E-state index in [1.54, 1.807) is 12.1 Å². The molecule has 1 aromatic heterocycles. The summed E-state index contributed by atoms with van der Waals surface area (Å²) in [5.74, 6) is -1.06. The van der Waals surface area contributed by atoms with Crippen LogP contribution in [0.3, 0.4) is 0 Å². The van der Waals surface area contributed by atoms with E-state index in [0.29, 0.717) is 13.0 Å². The highest BCUT2D eigenvalue weighted by Crippen LogP contribution is 2.27. The van der Waals surface area contributed by atoms with Gasteiger partial charge in [-0.2, -0.15) is 0 Å². The van der Waals surface area contributed by atoms with Gasteiger partial charge in [0.1, 0.15) is 16.9 Å². The standard InChI is InChI=1S/C17H20FN3O2S/c1-20(2)13-7-15(17(22)23)21(8-13)9-16-19-14(10-24-16)11-3-5-12(18)6-4-11/h3-6,10,13,15H,7-9H2,1-2H3,(H,22,23). The van der Waals surface area contributed by atoms with Crippen molar-refractivity contribution in [3.63, 3.8) is 0 Å². The zero-order chi connectivity index (χ0) is 17.3. The van der Waals surface area contributed by atoms with Crippen LogP contribution in [0.15, 0.2) is 29.6 Å². The molecule has 2 aromatic rings. The second-order valence-corrected chi connectivity index (χ2v) is 7.21. The van der Waals surface area contributed by atoms with Crippen LogP contribution in [0.2, 0.25) is 0 Å². The van der Waals surface area contributed by atoms with E-state index in [4.69, 9.17) is 0 Å². The van der Waals surface area contributed by atoms with Gasteiger partial charge in [-0.1, -0.05) is 0 Å². The van der Waals surface area contributed by atoms with Gasteiger partial charge in [-0.3, -0.25) is 9.69 Å². The molecular formula is C17H20FN3O2S. The number of likely N-dealkylation sites (N-methyl/N-ethyl adjacent to an activating group) is 1. The van der Waals surface area contributed by atoms with Crippen LogP contribution in [0, 0.1) is 5.82 Å². The Balaban J connectivity index is 1.73. The van der Waals surface area contributed by atoms with Crippen molar-refractivity contribution in [2.75, 3.05) is 20.6 Å². The fourth-order valence-corrected chi connectivity index (χ4v) is 3.82. The Morgan fingerprint density at radius 2 is 2.12 bits per heavy atom. The van der Waals surface area contributed by atoms with Crippen molar-refractivity contribution in [3.05, 3.63) is 40.5 Å². The minimum Gasteiger partial charge on any atom is -0.480 e. The lowest BCUT2D eigenvalue weighted by molar-refractivity contribution is -0.142. The molecule has 0 radical (unpaired) electrons. The number of rotatable bonds is 5. The van der Waals surface area contributed by atoms with Crippen molar-refractivity contribution >= 4 is 17.3 Å². The van der Waals surface area contributed by atoms with Gasteiger partial charge in [-0.15, -0.1) is 11.3 Å². The molecule has 5 nitrogen and oxygen atoms in total. The molecule has 3 rings (SSSR count). The number of aliphatic carboxylic acids is 1. The molecule has 0 aliphatic carbocycles. The van der Waals surface area contributed by atoms with Crippen molar-refractivity contribution in [2.24, 2.45) is 0 Å². The average Bonchev–Trinajstić information content (AvgIpc) is 3.16. The minimum atomic E-state index is -0.783. The first-order chi connectivity index (χ1) is 11.4. The third kappa shape index (κ3) is 3.63. The summed E-state index contributed by atoms with van der Waals surface area (Å²) in [7, 11) is 3.95. The number of aromatic nitrogens is 1. The second-order valence-electron chi connectivity index (χ2n) is 6.27.